The van der Waals surface area contributed by atoms with E-state index in [1.807, 2.05) is 11.0 Å². The lowest BCUT2D eigenvalue weighted by atomic mass is 9.92. The maximum absolute atomic E-state index is 12.9. The molecule has 0 aliphatic carbocycles. The van der Waals surface area contributed by atoms with Crippen LogP contribution < -0.4 is 20.9 Å². The summed E-state index contributed by atoms with van der Waals surface area (Å²) in [5.74, 6) is -1.12. The summed E-state index contributed by atoms with van der Waals surface area (Å²) in [5.41, 5.74) is 0.509. The highest BCUT2D eigenvalue weighted by Gasteiger charge is 2.49. The predicted octanol–water partition coefficient (Wildman–Crippen LogP) is 1.68. The van der Waals surface area contributed by atoms with Crippen molar-refractivity contribution in [1.82, 2.24) is 15.5 Å². The molecule has 2 saturated heterocycles. The zero-order valence-corrected chi connectivity index (χ0v) is 18.1. The first-order valence-electron chi connectivity index (χ1n) is 10.1. The van der Waals surface area contributed by atoms with Gasteiger partial charge in [-0.15, -0.1) is 0 Å². The Bertz CT molecular complexity index is 1090. The summed E-state index contributed by atoms with van der Waals surface area (Å²) in [6.45, 7) is 2.54. The summed E-state index contributed by atoms with van der Waals surface area (Å²) in [4.78, 5) is 52.3. The molecule has 4 rings (SSSR count). The van der Waals surface area contributed by atoms with Crippen molar-refractivity contribution >= 4 is 46.7 Å². The number of carbonyl (C=O) groups excluding carboxylic acids is 4. The highest BCUT2D eigenvalue weighted by Crippen LogP contribution is 2.30. The van der Waals surface area contributed by atoms with Gasteiger partial charge < -0.3 is 20.9 Å². The molecular weight excluding hydrogens is 434 g/mol. The Morgan fingerprint density at radius 2 is 1.91 bits per heavy atom. The van der Waals surface area contributed by atoms with Crippen LogP contribution in [0.4, 0.5) is 16.2 Å². The molecule has 9 nitrogen and oxygen atoms in total. The molecule has 2 aliphatic rings. The molecular formula is C22H22ClN5O4. The summed E-state index contributed by atoms with van der Waals surface area (Å²) < 4.78 is 0. The number of amides is 5. The molecule has 0 bridgehead atoms. The zero-order valence-electron chi connectivity index (χ0n) is 17.4. The molecule has 2 aromatic rings. The Balaban J connectivity index is 1.42. The minimum Gasteiger partial charge on any atom is -0.359 e. The number of rotatable bonds is 5. The minimum atomic E-state index is -1.23. The van der Waals surface area contributed by atoms with E-state index in [-0.39, 0.29) is 12.5 Å². The number of imide groups is 1. The van der Waals surface area contributed by atoms with Crippen LogP contribution in [0.2, 0.25) is 5.02 Å². The third-order valence-electron chi connectivity index (χ3n) is 5.54. The van der Waals surface area contributed by atoms with E-state index in [4.69, 9.17) is 11.6 Å². The smallest absolute Gasteiger partial charge is 0.325 e. The third kappa shape index (κ3) is 4.11. The largest absolute Gasteiger partial charge is 0.359 e. The van der Waals surface area contributed by atoms with Gasteiger partial charge in [-0.2, -0.15) is 0 Å². The second kappa shape index (κ2) is 8.51. The van der Waals surface area contributed by atoms with Gasteiger partial charge in [0, 0.05) is 18.8 Å². The molecule has 32 heavy (non-hydrogen) atoms. The standard InChI is InChI=1S/C22H22ClN5O4/c1-22(14-5-3-2-4-6-14)20(31)28(21(32)26-22)13-19(30)25-15-7-8-17(16(23)11-15)27-10-9-24-18(29)12-27/h2-8,11H,9-10,12-13H2,1H3,(H,24,29)(H,25,30)(H,26,32). The number of nitrogens with one attached hydrogen (secondary N) is 3. The van der Waals surface area contributed by atoms with Gasteiger partial charge in [0.05, 0.1) is 17.3 Å². The van der Waals surface area contributed by atoms with Crippen molar-refractivity contribution in [2.75, 3.05) is 36.4 Å². The van der Waals surface area contributed by atoms with Gasteiger partial charge in [-0.25, -0.2) is 4.79 Å². The summed E-state index contributed by atoms with van der Waals surface area (Å²) in [6, 6.07) is 13.2. The van der Waals surface area contributed by atoms with Gasteiger partial charge in [0.1, 0.15) is 12.1 Å². The van der Waals surface area contributed by atoms with Crippen molar-refractivity contribution in [3.63, 3.8) is 0 Å². The lowest BCUT2D eigenvalue weighted by Gasteiger charge is -2.29. The third-order valence-corrected chi connectivity index (χ3v) is 5.84. The molecule has 166 valence electrons. The van der Waals surface area contributed by atoms with Crippen molar-refractivity contribution in [2.24, 2.45) is 0 Å². The average molecular weight is 456 g/mol. The number of nitrogens with zero attached hydrogens (tertiary/aromatic N) is 2. The summed E-state index contributed by atoms with van der Waals surface area (Å²) in [7, 11) is 0. The number of hydrogen-bond donors (Lipinski definition) is 3. The SMILES string of the molecule is CC1(c2ccccc2)NC(=O)N(CC(=O)Nc2ccc(N3CCNC(=O)C3)c(Cl)c2)C1=O. The van der Waals surface area contributed by atoms with Crippen LogP contribution in [-0.2, 0) is 19.9 Å². The van der Waals surface area contributed by atoms with Crippen LogP contribution in [0, 0.1) is 0 Å². The molecule has 3 N–H and O–H groups in total. The fraction of sp³-hybridized carbons (Fsp3) is 0.273. The van der Waals surface area contributed by atoms with Crippen LogP contribution in [0.5, 0.6) is 0 Å². The molecule has 0 radical (unpaired) electrons. The number of piperazine rings is 1. The van der Waals surface area contributed by atoms with Crippen LogP contribution in [0.25, 0.3) is 0 Å². The van der Waals surface area contributed by atoms with E-state index in [1.165, 1.54) is 0 Å². The normalized spacial score (nSPS) is 20.8. The Morgan fingerprint density at radius 3 is 2.59 bits per heavy atom. The van der Waals surface area contributed by atoms with Crippen LogP contribution >= 0.6 is 11.6 Å². The highest BCUT2D eigenvalue weighted by atomic mass is 35.5. The van der Waals surface area contributed by atoms with Gasteiger partial charge in [-0.05, 0) is 30.7 Å². The van der Waals surface area contributed by atoms with Crippen LogP contribution in [-0.4, -0.2) is 54.8 Å². The van der Waals surface area contributed by atoms with Gasteiger partial charge in [0.15, 0.2) is 0 Å². The molecule has 10 heteroatoms. The van der Waals surface area contributed by atoms with Gasteiger partial charge in [0.2, 0.25) is 11.8 Å². The number of benzene rings is 2. The Labute approximate surface area is 189 Å². The molecule has 1 unspecified atom stereocenters. The molecule has 0 saturated carbocycles. The highest BCUT2D eigenvalue weighted by molar-refractivity contribution is 6.33. The van der Waals surface area contributed by atoms with E-state index >= 15 is 0 Å². The maximum atomic E-state index is 12.9. The topological polar surface area (TPSA) is 111 Å². The quantitative estimate of drug-likeness (QED) is 0.594. The number of anilines is 2. The average Bonchev–Trinajstić information content (AvgIpc) is 2.98. The molecule has 2 heterocycles. The Hall–Kier alpha value is -3.59. The van der Waals surface area contributed by atoms with Crippen molar-refractivity contribution in [1.29, 1.82) is 0 Å². The van der Waals surface area contributed by atoms with E-state index in [2.05, 4.69) is 16.0 Å². The van der Waals surface area contributed by atoms with Gasteiger partial charge in [0.25, 0.3) is 5.91 Å². The number of hydrogen-bond acceptors (Lipinski definition) is 5. The van der Waals surface area contributed by atoms with E-state index in [1.54, 1.807) is 49.4 Å². The van der Waals surface area contributed by atoms with Gasteiger partial charge >= 0.3 is 6.03 Å². The van der Waals surface area contributed by atoms with Crippen molar-refractivity contribution in [2.45, 2.75) is 12.5 Å². The zero-order chi connectivity index (χ0) is 22.9. The van der Waals surface area contributed by atoms with Crippen molar-refractivity contribution < 1.29 is 19.2 Å². The minimum absolute atomic E-state index is 0.0826. The maximum Gasteiger partial charge on any atom is 0.325 e. The fourth-order valence-electron chi connectivity index (χ4n) is 3.84. The predicted molar refractivity (Wildman–Crippen MR) is 119 cm³/mol. The van der Waals surface area contributed by atoms with Crippen molar-refractivity contribution in [3.8, 4) is 0 Å². The van der Waals surface area contributed by atoms with E-state index < -0.39 is 29.9 Å². The molecule has 5 amide bonds. The second-order valence-corrected chi connectivity index (χ2v) is 8.21. The number of carbonyl (C=O) groups is 4. The molecule has 1 atom stereocenters. The van der Waals surface area contributed by atoms with Crippen LogP contribution in [0.3, 0.4) is 0 Å². The first-order chi connectivity index (χ1) is 15.3. The first kappa shape index (κ1) is 21.6. The van der Waals surface area contributed by atoms with E-state index in [9.17, 15) is 19.2 Å². The molecule has 0 spiro atoms. The Kier molecular flexibility index (Phi) is 5.75. The van der Waals surface area contributed by atoms with Crippen LogP contribution in [0.15, 0.2) is 48.5 Å². The molecule has 2 aromatic carbocycles. The monoisotopic (exact) mass is 455 g/mol. The van der Waals surface area contributed by atoms with Crippen molar-refractivity contribution in [3.05, 3.63) is 59.1 Å². The lowest BCUT2D eigenvalue weighted by molar-refractivity contribution is -0.133. The van der Waals surface area contributed by atoms with Crippen LogP contribution in [0.1, 0.15) is 12.5 Å². The van der Waals surface area contributed by atoms with Gasteiger partial charge in [-0.3, -0.25) is 19.3 Å². The fourth-order valence-corrected chi connectivity index (χ4v) is 4.14. The summed E-state index contributed by atoms with van der Waals surface area (Å²) in [6.07, 6.45) is 0. The number of halogens is 1. The molecule has 0 aromatic heterocycles. The first-order valence-corrected chi connectivity index (χ1v) is 10.5. The Morgan fingerprint density at radius 1 is 1.16 bits per heavy atom. The second-order valence-electron chi connectivity index (χ2n) is 7.80. The summed E-state index contributed by atoms with van der Waals surface area (Å²) >= 11 is 6.36. The lowest BCUT2D eigenvalue weighted by Crippen LogP contribution is -2.47. The van der Waals surface area contributed by atoms with Gasteiger partial charge in [-0.1, -0.05) is 41.9 Å². The molecule has 2 aliphatic heterocycles. The molecule has 2 fully saturated rings. The number of urea groups is 1. The van der Waals surface area contributed by atoms with E-state index in [0.717, 1.165) is 4.90 Å². The van der Waals surface area contributed by atoms with E-state index in [0.29, 0.717) is 35.1 Å². The summed E-state index contributed by atoms with van der Waals surface area (Å²) in [5, 5.41) is 8.46.